The summed E-state index contributed by atoms with van der Waals surface area (Å²) in [5, 5.41) is 4.49. The van der Waals surface area contributed by atoms with Crippen molar-refractivity contribution in [1.29, 1.82) is 0 Å². The Balaban J connectivity index is 3.07. The van der Waals surface area contributed by atoms with E-state index in [9.17, 15) is 0 Å². The summed E-state index contributed by atoms with van der Waals surface area (Å²) in [5.74, 6) is 0.814. The molecular weight excluding hydrogens is 266 g/mol. The number of aryl methyl sites for hydroxylation is 2. The van der Waals surface area contributed by atoms with Crippen molar-refractivity contribution < 1.29 is 4.74 Å². The minimum absolute atomic E-state index is 0.147. The SMILES string of the molecule is CCCN(CCN(C)C)C(CN)c1c(C)nn(C)c1OC. The molecule has 0 radical (unpaired) electrons. The molecule has 0 aliphatic carbocycles. The van der Waals surface area contributed by atoms with Crippen LogP contribution in [0.4, 0.5) is 0 Å². The van der Waals surface area contributed by atoms with Crippen molar-refractivity contribution in [3.05, 3.63) is 11.3 Å². The van der Waals surface area contributed by atoms with Gasteiger partial charge >= 0.3 is 0 Å². The largest absolute Gasteiger partial charge is 0.481 e. The molecule has 0 bridgehead atoms. The molecule has 2 N–H and O–H groups in total. The molecule has 1 aromatic heterocycles. The van der Waals surface area contributed by atoms with Gasteiger partial charge in [-0.05, 0) is 34.0 Å². The van der Waals surface area contributed by atoms with Crippen LogP contribution in [-0.4, -0.2) is 67.0 Å². The highest BCUT2D eigenvalue weighted by molar-refractivity contribution is 5.34. The molecule has 0 aromatic carbocycles. The Bertz CT molecular complexity index is 430. The number of ether oxygens (including phenoxy) is 1. The Morgan fingerprint density at radius 2 is 1.95 bits per heavy atom. The van der Waals surface area contributed by atoms with E-state index >= 15 is 0 Å². The van der Waals surface area contributed by atoms with Crippen LogP contribution in [0.3, 0.4) is 0 Å². The van der Waals surface area contributed by atoms with E-state index in [2.05, 4.69) is 35.9 Å². The van der Waals surface area contributed by atoms with Crippen LogP contribution in [0.25, 0.3) is 0 Å². The third-order valence-electron chi connectivity index (χ3n) is 3.75. The summed E-state index contributed by atoms with van der Waals surface area (Å²) in [6, 6.07) is 0.147. The monoisotopic (exact) mass is 297 g/mol. The van der Waals surface area contributed by atoms with E-state index in [0.29, 0.717) is 6.54 Å². The van der Waals surface area contributed by atoms with E-state index < -0.39 is 0 Å². The van der Waals surface area contributed by atoms with Crippen LogP contribution in [0.2, 0.25) is 0 Å². The van der Waals surface area contributed by atoms with Gasteiger partial charge in [-0.3, -0.25) is 4.90 Å². The fraction of sp³-hybridized carbons (Fsp3) is 0.800. The zero-order valence-electron chi connectivity index (χ0n) is 14.4. The van der Waals surface area contributed by atoms with Crippen molar-refractivity contribution in [2.45, 2.75) is 26.3 Å². The molecule has 1 rings (SSSR count). The van der Waals surface area contributed by atoms with Crippen molar-refractivity contribution >= 4 is 0 Å². The first-order chi connectivity index (χ1) is 9.96. The first-order valence-electron chi connectivity index (χ1n) is 7.62. The molecule has 0 aliphatic heterocycles. The van der Waals surface area contributed by atoms with Gasteiger partial charge in [-0.1, -0.05) is 6.92 Å². The maximum Gasteiger partial charge on any atom is 0.216 e. The van der Waals surface area contributed by atoms with Gasteiger partial charge in [-0.15, -0.1) is 0 Å². The highest BCUT2D eigenvalue weighted by Gasteiger charge is 2.27. The van der Waals surface area contributed by atoms with Crippen LogP contribution in [0.15, 0.2) is 0 Å². The summed E-state index contributed by atoms with van der Waals surface area (Å²) in [5.41, 5.74) is 8.21. The van der Waals surface area contributed by atoms with Gasteiger partial charge in [-0.25, -0.2) is 4.68 Å². The summed E-state index contributed by atoms with van der Waals surface area (Å²) in [6.45, 7) is 7.81. The van der Waals surface area contributed by atoms with E-state index in [1.165, 1.54) is 0 Å². The second-order valence-corrected chi connectivity index (χ2v) is 5.72. The number of methoxy groups -OCH3 is 1. The zero-order chi connectivity index (χ0) is 16.0. The van der Waals surface area contributed by atoms with E-state index in [4.69, 9.17) is 10.5 Å². The number of likely N-dealkylation sites (N-methyl/N-ethyl adjacent to an activating group) is 1. The molecule has 1 heterocycles. The van der Waals surface area contributed by atoms with E-state index in [1.54, 1.807) is 11.8 Å². The average Bonchev–Trinajstić information content (AvgIpc) is 2.71. The van der Waals surface area contributed by atoms with E-state index in [-0.39, 0.29) is 6.04 Å². The molecule has 0 amide bonds. The second-order valence-electron chi connectivity index (χ2n) is 5.72. The second kappa shape index (κ2) is 8.36. The van der Waals surface area contributed by atoms with Crippen molar-refractivity contribution in [3.8, 4) is 5.88 Å². The predicted octanol–water partition coefficient (Wildman–Crippen LogP) is 1.01. The van der Waals surface area contributed by atoms with Crippen molar-refractivity contribution in [2.24, 2.45) is 12.8 Å². The molecule has 0 saturated carbocycles. The smallest absolute Gasteiger partial charge is 0.216 e. The van der Waals surface area contributed by atoms with Crippen molar-refractivity contribution in [1.82, 2.24) is 19.6 Å². The first kappa shape index (κ1) is 17.9. The van der Waals surface area contributed by atoms with Crippen molar-refractivity contribution in [3.63, 3.8) is 0 Å². The van der Waals surface area contributed by atoms with Gasteiger partial charge in [0.05, 0.1) is 24.4 Å². The normalized spacial score (nSPS) is 13.2. The molecule has 6 nitrogen and oxygen atoms in total. The van der Waals surface area contributed by atoms with E-state index in [0.717, 1.165) is 43.2 Å². The molecule has 1 aromatic rings. The Hall–Kier alpha value is -1.11. The standard InChI is InChI=1S/C15H31N5O/c1-7-8-20(10-9-18(3)4)13(11-16)14-12(2)17-19(5)15(14)21-6/h13H,7-11,16H2,1-6H3. The number of hydrogen-bond donors (Lipinski definition) is 1. The van der Waals surface area contributed by atoms with E-state index in [1.807, 2.05) is 14.0 Å². The van der Waals surface area contributed by atoms with Crippen LogP contribution >= 0.6 is 0 Å². The van der Waals surface area contributed by atoms with Crippen LogP contribution < -0.4 is 10.5 Å². The lowest BCUT2D eigenvalue weighted by atomic mass is 10.1. The Kier molecular flexibility index (Phi) is 7.14. The van der Waals surface area contributed by atoms with Gasteiger partial charge < -0.3 is 15.4 Å². The molecule has 6 heteroatoms. The quantitative estimate of drug-likeness (QED) is 0.737. The van der Waals surface area contributed by atoms with Crippen LogP contribution in [0, 0.1) is 6.92 Å². The maximum atomic E-state index is 6.10. The number of aromatic nitrogens is 2. The molecule has 1 unspecified atom stereocenters. The minimum Gasteiger partial charge on any atom is -0.481 e. The Morgan fingerprint density at radius 1 is 1.29 bits per heavy atom. The summed E-state index contributed by atoms with van der Waals surface area (Å²) in [4.78, 5) is 4.64. The average molecular weight is 297 g/mol. The molecule has 0 spiro atoms. The molecular formula is C15H31N5O. The van der Waals surface area contributed by atoms with Gasteiger partial charge in [0.2, 0.25) is 5.88 Å². The molecule has 122 valence electrons. The molecule has 1 atom stereocenters. The summed E-state index contributed by atoms with van der Waals surface area (Å²) >= 11 is 0. The Labute approximate surface area is 128 Å². The van der Waals surface area contributed by atoms with Crippen LogP contribution in [0.1, 0.15) is 30.6 Å². The number of nitrogens with zero attached hydrogens (tertiary/aromatic N) is 4. The minimum atomic E-state index is 0.147. The molecule has 21 heavy (non-hydrogen) atoms. The Morgan fingerprint density at radius 3 is 2.43 bits per heavy atom. The van der Waals surface area contributed by atoms with Crippen LogP contribution in [-0.2, 0) is 7.05 Å². The summed E-state index contributed by atoms with van der Waals surface area (Å²) in [6.07, 6.45) is 1.10. The summed E-state index contributed by atoms with van der Waals surface area (Å²) in [7, 11) is 7.79. The third-order valence-corrected chi connectivity index (χ3v) is 3.75. The van der Waals surface area contributed by atoms with Gasteiger partial charge in [0.1, 0.15) is 0 Å². The van der Waals surface area contributed by atoms with Crippen LogP contribution in [0.5, 0.6) is 5.88 Å². The number of nitrogens with two attached hydrogens (primary N) is 1. The zero-order valence-corrected chi connectivity index (χ0v) is 14.4. The first-order valence-corrected chi connectivity index (χ1v) is 7.62. The number of hydrogen-bond acceptors (Lipinski definition) is 5. The fourth-order valence-corrected chi connectivity index (χ4v) is 2.77. The fourth-order valence-electron chi connectivity index (χ4n) is 2.77. The van der Waals surface area contributed by atoms with Gasteiger partial charge in [-0.2, -0.15) is 5.10 Å². The predicted molar refractivity (Wildman–Crippen MR) is 86.7 cm³/mol. The van der Waals surface area contributed by atoms with Gasteiger partial charge in [0, 0.05) is 26.7 Å². The molecule has 0 aliphatic rings. The topological polar surface area (TPSA) is 59.5 Å². The number of rotatable bonds is 9. The maximum absolute atomic E-state index is 6.10. The lowest BCUT2D eigenvalue weighted by Gasteiger charge is -2.32. The van der Waals surface area contributed by atoms with Gasteiger partial charge in [0.15, 0.2) is 0 Å². The lowest BCUT2D eigenvalue weighted by molar-refractivity contribution is 0.178. The highest BCUT2D eigenvalue weighted by Crippen LogP contribution is 2.31. The highest BCUT2D eigenvalue weighted by atomic mass is 16.5. The lowest BCUT2D eigenvalue weighted by Crippen LogP contribution is -2.39. The van der Waals surface area contributed by atoms with Crippen molar-refractivity contribution in [2.75, 3.05) is 47.4 Å². The summed E-state index contributed by atoms with van der Waals surface area (Å²) < 4.78 is 7.34. The third kappa shape index (κ3) is 4.43. The molecule has 0 fully saturated rings. The molecule has 0 saturated heterocycles. The van der Waals surface area contributed by atoms with Gasteiger partial charge in [0.25, 0.3) is 0 Å².